The second-order valence-electron chi connectivity index (χ2n) is 3.96. The number of hydrogen-bond donors (Lipinski definition) is 1. The van der Waals surface area contributed by atoms with Crippen LogP contribution in [0.2, 0.25) is 0 Å². The maximum atomic E-state index is 12.0. The Morgan fingerprint density at radius 2 is 2.00 bits per heavy atom. The van der Waals surface area contributed by atoms with E-state index in [9.17, 15) is 18.0 Å². The Balaban J connectivity index is 1.97. The van der Waals surface area contributed by atoms with Crippen LogP contribution < -0.4 is 10.1 Å². The van der Waals surface area contributed by atoms with Crippen LogP contribution >= 0.6 is 0 Å². The van der Waals surface area contributed by atoms with Crippen molar-refractivity contribution in [3.63, 3.8) is 0 Å². The van der Waals surface area contributed by atoms with E-state index in [1.807, 2.05) is 0 Å². The molecule has 0 bridgehead atoms. The van der Waals surface area contributed by atoms with Crippen molar-refractivity contribution in [3.05, 3.63) is 48.3 Å². The number of ether oxygens (including phenoxy) is 1. The number of amides is 1. The summed E-state index contributed by atoms with van der Waals surface area (Å²) in [7, 11) is 0. The first-order chi connectivity index (χ1) is 9.94. The number of nitrogens with one attached hydrogen (secondary N) is 1. The molecule has 1 amide bonds. The molecular weight excluding hydrogens is 287 g/mol. The van der Waals surface area contributed by atoms with Gasteiger partial charge in [-0.1, -0.05) is 6.07 Å². The summed E-state index contributed by atoms with van der Waals surface area (Å²) in [5, 5.41) is 2.52. The Morgan fingerprint density at radius 3 is 2.57 bits per heavy atom. The van der Waals surface area contributed by atoms with Crippen LogP contribution in [0.15, 0.2) is 42.7 Å². The molecule has 0 aromatic carbocycles. The second kappa shape index (κ2) is 6.21. The van der Waals surface area contributed by atoms with E-state index < -0.39 is 18.7 Å². The van der Waals surface area contributed by atoms with Gasteiger partial charge in [-0.2, -0.15) is 13.2 Å². The third kappa shape index (κ3) is 4.75. The molecule has 5 nitrogen and oxygen atoms in total. The zero-order valence-corrected chi connectivity index (χ0v) is 10.6. The largest absolute Gasteiger partial charge is 0.468 e. The number of carbonyl (C=O) groups excluding carboxylic acids is 1. The van der Waals surface area contributed by atoms with E-state index in [1.165, 1.54) is 18.3 Å². The summed E-state index contributed by atoms with van der Waals surface area (Å²) in [6.07, 6.45) is -1.79. The van der Waals surface area contributed by atoms with Gasteiger partial charge >= 0.3 is 6.18 Å². The van der Waals surface area contributed by atoms with Crippen molar-refractivity contribution in [2.24, 2.45) is 0 Å². The average molecular weight is 297 g/mol. The molecule has 2 aromatic heterocycles. The van der Waals surface area contributed by atoms with Gasteiger partial charge in [-0.25, -0.2) is 9.97 Å². The number of carbonyl (C=O) groups is 1. The molecule has 0 atom stereocenters. The number of aromatic nitrogens is 2. The normalized spacial score (nSPS) is 11.0. The van der Waals surface area contributed by atoms with Gasteiger partial charge in [0, 0.05) is 18.5 Å². The Morgan fingerprint density at radius 1 is 1.19 bits per heavy atom. The van der Waals surface area contributed by atoms with Gasteiger partial charge in [0.2, 0.25) is 5.88 Å². The van der Waals surface area contributed by atoms with Gasteiger partial charge in [-0.3, -0.25) is 4.79 Å². The molecule has 2 rings (SSSR count). The van der Waals surface area contributed by atoms with Crippen LogP contribution in [0.3, 0.4) is 0 Å². The highest BCUT2D eigenvalue weighted by molar-refractivity contribution is 6.03. The lowest BCUT2D eigenvalue weighted by molar-refractivity contribution is -0.154. The highest BCUT2D eigenvalue weighted by atomic mass is 19.4. The van der Waals surface area contributed by atoms with Crippen molar-refractivity contribution in [2.45, 2.75) is 6.18 Å². The lowest BCUT2D eigenvalue weighted by atomic mass is 10.2. The Kier molecular flexibility index (Phi) is 4.36. The third-order valence-electron chi connectivity index (χ3n) is 2.29. The molecule has 1 N–H and O–H groups in total. The molecule has 0 saturated carbocycles. The summed E-state index contributed by atoms with van der Waals surface area (Å²) in [6.45, 7) is -1.43. The Bertz CT molecular complexity index is 600. The highest BCUT2D eigenvalue weighted by Crippen LogP contribution is 2.17. The molecule has 0 unspecified atom stereocenters. The minimum atomic E-state index is -4.43. The van der Waals surface area contributed by atoms with E-state index in [2.05, 4.69) is 20.0 Å². The molecule has 0 radical (unpaired) electrons. The topological polar surface area (TPSA) is 64.1 Å². The van der Waals surface area contributed by atoms with Crippen LogP contribution in [0.5, 0.6) is 5.88 Å². The molecular formula is C13H10F3N3O2. The van der Waals surface area contributed by atoms with E-state index >= 15 is 0 Å². The average Bonchev–Trinajstić information content (AvgIpc) is 2.46. The van der Waals surface area contributed by atoms with Crippen LogP contribution in [0, 0.1) is 0 Å². The highest BCUT2D eigenvalue weighted by Gasteiger charge is 2.28. The molecule has 0 spiro atoms. The summed E-state index contributed by atoms with van der Waals surface area (Å²) < 4.78 is 40.3. The van der Waals surface area contributed by atoms with Crippen molar-refractivity contribution < 1.29 is 22.7 Å². The van der Waals surface area contributed by atoms with Crippen LogP contribution in [0.25, 0.3) is 0 Å². The first-order valence-corrected chi connectivity index (χ1v) is 5.82. The smallest absolute Gasteiger partial charge is 0.422 e. The van der Waals surface area contributed by atoms with Crippen molar-refractivity contribution in [1.29, 1.82) is 0 Å². The second-order valence-corrected chi connectivity index (χ2v) is 3.96. The quantitative estimate of drug-likeness (QED) is 0.942. The number of pyridine rings is 2. The van der Waals surface area contributed by atoms with Crippen LogP contribution in [0.1, 0.15) is 10.4 Å². The maximum Gasteiger partial charge on any atom is 0.422 e. The van der Waals surface area contributed by atoms with E-state index in [1.54, 1.807) is 18.2 Å². The van der Waals surface area contributed by atoms with Crippen molar-refractivity contribution in [2.75, 3.05) is 11.9 Å². The van der Waals surface area contributed by atoms with Gasteiger partial charge in [0.05, 0.1) is 5.56 Å². The van der Waals surface area contributed by atoms with Gasteiger partial charge in [-0.05, 0) is 18.2 Å². The predicted octanol–water partition coefficient (Wildman–Crippen LogP) is 2.67. The number of alkyl halides is 3. The molecule has 8 heteroatoms. The standard InChI is InChI=1S/C13H10F3N3O2/c14-13(15,16)8-21-11-5-4-9(7-18-11)12(20)19-10-3-1-2-6-17-10/h1-7H,8H2,(H,17,19,20). The van der Waals surface area contributed by atoms with Crippen LogP contribution in [-0.4, -0.2) is 28.7 Å². The molecule has 0 fully saturated rings. The van der Waals surface area contributed by atoms with Crippen molar-refractivity contribution in [1.82, 2.24) is 9.97 Å². The zero-order chi connectivity index (χ0) is 15.3. The van der Waals surface area contributed by atoms with Crippen molar-refractivity contribution in [3.8, 4) is 5.88 Å². The van der Waals surface area contributed by atoms with Gasteiger partial charge in [0.1, 0.15) is 5.82 Å². The van der Waals surface area contributed by atoms with Gasteiger partial charge < -0.3 is 10.1 Å². The van der Waals surface area contributed by atoms with E-state index in [-0.39, 0.29) is 11.4 Å². The SMILES string of the molecule is O=C(Nc1ccccn1)c1ccc(OCC(F)(F)F)nc1. The summed E-state index contributed by atoms with van der Waals surface area (Å²) in [5.41, 5.74) is 0.181. The monoisotopic (exact) mass is 297 g/mol. The molecule has 0 aliphatic rings. The van der Waals surface area contributed by atoms with Gasteiger partial charge in [-0.15, -0.1) is 0 Å². The van der Waals surface area contributed by atoms with E-state index in [0.717, 1.165) is 6.20 Å². The van der Waals surface area contributed by atoms with Crippen LogP contribution in [-0.2, 0) is 0 Å². The lowest BCUT2D eigenvalue weighted by Gasteiger charge is -2.08. The van der Waals surface area contributed by atoms with E-state index in [0.29, 0.717) is 5.82 Å². The summed E-state index contributed by atoms with van der Waals surface area (Å²) in [4.78, 5) is 19.4. The first-order valence-electron chi connectivity index (χ1n) is 5.82. The number of rotatable bonds is 4. The summed E-state index contributed by atoms with van der Waals surface area (Å²) >= 11 is 0. The minimum Gasteiger partial charge on any atom is -0.468 e. The fourth-order valence-electron chi connectivity index (χ4n) is 1.38. The van der Waals surface area contributed by atoms with Gasteiger partial charge in [0.25, 0.3) is 5.91 Å². The molecule has 0 aliphatic heterocycles. The molecule has 0 aliphatic carbocycles. The Labute approximate surface area is 117 Å². The minimum absolute atomic E-state index is 0.181. The fraction of sp³-hybridized carbons (Fsp3) is 0.154. The number of halogens is 3. The summed E-state index contributed by atoms with van der Waals surface area (Å²) in [5.74, 6) is -0.315. The van der Waals surface area contributed by atoms with Crippen LogP contribution in [0.4, 0.5) is 19.0 Å². The number of nitrogens with zero attached hydrogens (tertiary/aromatic N) is 2. The lowest BCUT2D eigenvalue weighted by Crippen LogP contribution is -2.19. The molecule has 2 aromatic rings. The summed E-state index contributed by atoms with van der Waals surface area (Å²) in [6, 6.07) is 7.52. The first kappa shape index (κ1) is 14.8. The number of anilines is 1. The molecule has 0 saturated heterocycles. The third-order valence-corrected chi connectivity index (χ3v) is 2.29. The molecule has 110 valence electrons. The molecule has 2 heterocycles. The van der Waals surface area contributed by atoms with Gasteiger partial charge in [0.15, 0.2) is 6.61 Å². The predicted molar refractivity (Wildman–Crippen MR) is 68.0 cm³/mol. The van der Waals surface area contributed by atoms with Crippen molar-refractivity contribution >= 4 is 11.7 Å². The van der Waals surface area contributed by atoms with E-state index in [4.69, 9.17) is 0 Å². The maximum absolute atomic E-state index is 12.0. The molecule has 21 heavy (non-hydrogen) atoms. The zero-order valence-electron chi connectivity index (χ0n) is 10.6. The number of hydrogen-bond acceptors (Lipinski definition) is 4. The Hall–Kier alpha value is -2.64. The fourth-order valence-corrected chi connectivity index (χ4v) is 1.38.